The molecule has 0 atom stereocenters. The Kier molecular flexibility index (Phi) is 4.13. The maximum atomic E-state index is 6.02. The average molecular weight is 317 g/mol. The number of aryl methyl sites for hydroxylation is 2. The van der Waals surface area contributed by atoms with Gasteiger partial charge in [-0.2, -0.15) is 0 Å². The molecule has 0 spiro atoms. The van der Waals surface area contributed by atoms with E-state index in [1.807, 2.05) is 24.3 Å². The van der Waals surface area contributed by atoms with Crippen molar-refractivity contribution in [1.29, 1.82) is 0 Å². The third kappa shape index (κ3) is 3.20. The van der Waals surface area contributed by atoms with Crippen molar-refractivity contribution in [2.75, 3.05) is 16.8 Å². The molecule has 0 amide bonds. The molecule has 1 aliphatic rings. The first-order chi connectivity index (χ1) is 10.1. The van der Waals surface area contributed by atoms with Crippen LogP contribution in [0.5, 0.6) is 0 Å². The molecule has 3 rings (SSSR count). The van der Waals surface area contributed by atoms with Crippen LogP contribution in [-0.4, -0.2) is 11.7 Å². The zero-order valence-corrected chi connectivity index (χ0v) is 13.5. The van der Waals surface area contributed by atoms with Gasteiger partial charge in [-0.3, -0.25) is 0 Å². The van der Waals surface area contributed by atoms with Gasteiger partial charge in [-0.25, -0.2) is 0 Å². The van der Waals surface area contributed by atoms with Crippen molar-refractivity contribution in [3.63, 3.8) is 0 Å². The second-order valence-electron chi connectivity index (χ2n) is 5.33. The van der Waals surface area contributed by atoms with Crippen molar-refractivity contribution in [2.45, 2.75) is 19.8 Å². The monoisotopic (exact) mass is 316 g/mol. The van der Waals surface area contributed by atoms with Crippen LogP contribution in [0.2, 0.25) is 5.02 Å². The molecule has 0 saturated heterocycles. The number of hydrogen-bond donors (Lipinski definition) is 1. The van der Waals surface area contributed by atoms with Crippen LogP contribution in [0.1, 0.15) is 17.5 Å². The summed E-state index contributed by atoms with van der Waals surface area (Å²) in [5, 5.41) is 4.71. The fourth-order valence-corrected chi connectivity index (χ4v) is 3.19. The summed E-state index contributed by atoms with van der Waals surface area (Å²) in [5.74, 6) is 0. The summed E-state index contributed by atoms with van der Waals surface area (Å²) in [5.41, 5.74) is 4.80. The Bertz CT molecular complexity index is 684. The number of anilines is 2. The van der Waals surface area contributed by atoms with Crippen LogP contribution in [0.4, 0.5) is 11.4 Å². The highest BCUT2D eigenvalue weighted by Crippen LogP contribution is 2.28. The number of nitrogens with zero attached hydrogens (tertiary/aromatic N) is 1. The topological polar surface area (TPSA) is 15.3 Å². The Morgan fingerprint density at radius 3 is 2.90 bits per heavy atom. The largest absolute Gasteiger partial charge is 0.332 e. The van der Waals surface area contributed by atoms with E-state index in [2.05, 4.69) is 35.3 Å². The minimum Gasteiger partial charge on any atom is -0.332 e. The lowest BCUT2D eigenvalue weighted by Crippen LogP contribution is -2.38. The maximum absolute atomic E-state index is 6.02. The van der Waals surface area contributed by atoms with Crippen LogP contribution in [-0.2, 0) is 6.42 Å². The van der Waals surface area contributed by atoms with Crippen LogP contribution in [0.15, 0.2) is 42.5 Å². The van der Waals surface area contributed by atoms with Crippen molar-refractivity contribution in [1.82, 2.24) is 0 Å². The van der Waals surface area contributed by atoms with Gasteiger partial charge in [0, 0.05) is 22.9 Å². The molecule has 2 aromatic carbocycles. The molecule has 0 bridgehead atoms. The van der Waals surface area contributed by atoms with Gasteiger partial charge in [0.25, 0.3) is 0 Å². The van der Waals surface area contributed by atoms with Crippen molar-refractivity contribution < 1.29 is 0 Å². The van der Waals surface area contributed by atoms with Gasteiger partial charge in [0.1, 0.15) is 0 Å². The van der Waals surface area contributed by atoms with Gasteiger partial charge in [-0.15, -0.1) is 0 Å². The lowest BCUT2D eigenvalue weighted by atomic mass is 10.00. The minimum atomic E-state index is 0.706. The van der Waals surface area contributed by atoms with Gasteiger partial charge in [0.15, 0.2) is 5.11 Å². The summed E-state index contributed by atoms with van der Waals surface area (Å²) in [6.07, 6.45) is 2.24. The molecule has 108 valence electrons. The van der Waals surface area contributed by atoms with E-state index in [0.29, 0.717) is 5.02 Å². The van der Waals surface area contributed by atoms with E-state index in [-0.39, 0.29) is 0 Å². The predicted octanol–water partition coefficient (Wildman–Crippen LogP) is 4.80. The first-order valence-corrected chi connectivity index (χ1v) is 7.86. The Hall–Kier alpha value is -1.58. The summed E-state index contributed by atoms with van der Waals surface area (Å²) in [4.78, 5) is 2.18. The zero-order valence-electron chi connectivity index (χ0n) is 11.9. The fourth-order valence-electron chi connectivity index (χ4n) is 2.69. The van der Waals surface area contributed by atoms with Crippen molar-refractivity contribution in [2.24, 2.45) is 0 Å². The standard InChI is InChI=1S/C17H17ClN2S/c1-12-7-8-16-13(10-12)4-3-9-20(16)17(21)19-15-6-2-5-14(18)11-15/h2,5-8,10-11H,3-4,9H2,1H3,(H,19,21). The second kappa shape index (κ2) is 6.04. The van der Waals surface area contributed by atoms with Crippen molar-refractivity contribution in [3.8, 4) is 0 Å². The molecule has 2 aromatic rings. The molecule has 2 nitrogen and oxygen atoms in total. The van der Waals surface area contributed by atoms with Crippen LogP contribution < -0.4 is 10.2 Å². The van der Waals surface area contributed by atoms with Gasteiger partial charge in [-0.05, 0) is 61.8 Å². The first-order valence-electron chi connectivity index (χ1n) is 7.07. The molecular formula is C17H17ClN2S. The number of fused-ring (bicyclic) bond motifs is 1. The second-order valence-corrected chi connectivity index (χ2v) is 6.15. The molecular weight excluding hydrogens is 300 g/mol. The normalized spacial score (nSPS) is 13.7. The minimum absolute atomic E-state index is 0.706. The van der Waals surface area contributed by atoms with E-state index in [1.165, 1.54) is 16.8 Å². The van der Waals surface area contributed by atoms with E-state index in [1.54, 1.807) is 0 Å². The smallest absolute Gasteiger partial charge is 0.177 e. The van der Waals surface area contributed by atoms with Crippen LogP contribution in [0, 0.1) is 6.92 Å². The summed E-state index contributed by atoms with van der Waals surface area (Å²) in [6, 6.07) is 14.2. The lowest BCUT2D eigenvalue weighted by molar-refractivity contribution is 0.780. The number of rotatable bonds is 1. The van der Waals surface area contributed by atoms with Crippen LogP contribution >= 0.6 is 23.8 Å². The quantitative estimate of drug-likeness (QED) is 0.761. The van der Waals surface area contributed by atoms with Gasteiger partial charge in [0.2, 0.25) is 0 Å². The van der Waals surface area contributed by atoms with Gasteiger partial charge < -0.3 is 10.2 Å². The number of halogens is 1. The molecule has 0 aromatic heterocycles. The molecule has 21 heavy (non-hydrogen) atoms. The summed E-state index contributed by atoms with van der Waals surface area (Å²) < 4.78 is 0. The third-order valence-corrected chi connectivity index (χ3v) is 4.23. The maximum Gasteiger partial charge on any atom is 0.177 e. The van der Waals surface area contributed by atoms with E-state index in [0.717, 1.165) is 30.2 Å². The van der Waals surface area contributed by atoms with Gasteiger partial charge in [0.05, 0.1) is 0 Å². The molecule has 1 N–H and O–H groups in total. The fraction of sp³-hybridized carbons (Fsp3) is 0.235. The Labute approximate surface area is 135 Å². The molecule has 0 saturated carbocycles. The first kappa shape index (κ1) is 14.4. The number of nitrogens with one attached hydrogen (secondary N) is 1. The Morgan fingerprint density at radius 2 is 2.10 bits per heavy atom. The van der Waals surface area contributed by atoms with Gasteiger partial charge in [-0.1, -0.05) is 35.4 Å². The van der Waals surface area contributed by atoms with Crippen LogP contribution in [0.25, 0.3) is 0 Å². The van der Waals surface area contributed by atoms with E-state index in [4.69, 9.17) is 23.8 Å². The van der Waals surface area contributed by atoms with Crippen molar-refractivity contribution >= 4 is 40.3 Å². The highest BCUT2D eigenvalue weighted by Gasteiger charge is 2.20. The lowest BCUT2D eigenvalue weighted by Gasteiger charge is -2.32. The summed E-state index contributed by atoms with van der Waals surface area (Å²) in [7, 11) is 0. The van der Waals surface area contributed by atoms with E-state index < -0.39 is 0 Å². The van der Waals surface area contributed by atoms with Crippen molar-refractivity contribution in [3.05, 3.63) is 58.6 Å². The zero-order chi connectivity index (χ0) is 14.8. The molecule has 1 aliphatic heterocycles. The highest BCUT2D eigenvalue weighted by atomic mass is 35.5. The summed E-state index contributed by atoms with van der Waals surface area (Å²) >= 11 is 11.6. The number of thiocarbonyl (C=S) groups is 1. The molecule has 0 fully saturated rings. The molecule has 0 aliphatic carbocycles. The SMILES string of the molecule is Cc1ccc2c(c1)CCCN2C(=S)Nc1cccc(Cl)c1. The third-order valence-electron chi connectivity index (χ3n) is 3.67. The predicted molar refractivity (Wildman–Crippen MR) is 94.5 cm³/mol. The number of benzene rings is 2. The molecule has 4 heteroatoms. The Morgan fingerprint density at radius 1 is 1.24 bits per heavy atom. The van der Waals surface area contributed by atoms with Crippen LogP contribution in [0.3, 0.4) is 0 Å². The number of hydrogen-bond acceptors (Lipinski definition) is 1. The molecule has 1 heterocycles. The average Bonchev–Trinajstić information content (AvgIpc) is 2.46. The van der Waals surface area contributed by atoms with E-state index >= 15 is 0 Å². The highest BCUT2D eigenvalue weighted by molar-refractivity contribution is 7.80. The summed E-state index contributed by atoms with van der Waals surface area (Å²) in [6.45, 7) is 3.07. The Balaban J connectivity index is 1.83. The van der Waals surface area contributed by atoms with Gasteiger partial charge >= 0.3 is 0 Å². The van der Waals surface area contributed by atoms with E-state index in [9.17, 15) is 0 Å². The molecule has 0 unspecified atom stereocenters. The molecule has 0 radical (unpaired) electrons.